The van der Waals surface area contributed by atoms with Crippen molar-refractivity contribution in [3.63, 3.8) is 0 Å². The highest BCUT2D eigenvalue weighted by Gasteiger charge is 2.15. The minimum Gasteiger partial charge on any atom is -0.0616 e. The summed E-state index contributed by atoms with van der Waals surface area (Å²) in [6.07, 6.45) is 0. The lowest BCUT2D eigenvalue weighted by Gasteiger charge is -2.17. The van der Waals surface area contributed by atoms with Gasteiger partial charge in [0.15, 0.2) is 0 Å². The molecular weight excluding hydrogens is 432 g/mol. The summed E-state index contributed by atoms with van der Waals surface area (Å²) in [5, 5.41) is 10.5. The highest BCUT2D eigenvalue weighted by molar-refractivity contribution is 6.16. The van der Waals surface area contributed by atoms with Crippen molar-refractivity contribution in [1.29, 1.82) is 0 Å². The molecule has 0 atom stereocenters. The summed E-state index contributed by atoms with van der Waals surface area (Å²) in [5.74, 6) is 0. The lowest BCUT2D eigenvalue weighted by Crippen LogP contribution is -1.91. The van der Waals surface area contributed by atoms with E-state index in [9.17, 15) is 0 Å². The molecule has 0 bridgehead atoms. The van der Waals surface area contributed by atoms with E-state index in [4.69, 9.17) is 0 Å². The summed E-state index contributed by atoms with van der Waals surface area (Å²) in [7, 11) is 0. The average molecular weight is 459 g/mol. The van der Waals surface area contributed by atoms with Crippen molar-refractivity contribution in [2.24, 2.45) is 0 Å². The topological polar surface area (TPSA) is 0 Å². The Balaban J connectivity index is 1.50. The summed E-state index contributed by atoms with van der Waals surface area (Å²) in [6.45, 7) is 4.48. The minimum atomic E-state index is 1.26. The van der Waals surface area contributed by atoms with Gasteiger partial charge in [0.1, 0.15) is 0 Å². The lowest BCUT2D eigenvalue weighted by molar-refractivity contribution is 1.57. The van der Waals surface area contributed by atoms with E-state index >= 15 is 0 Å². The van der Waals surface area contributed by atoms with Gasteiger partial charge in [-0.1, -0.05) is 121 Å². The molecule has 0 nitrogen and oxygen atoms in total. The molecule has 0 radical (unpaired) electrons. The van der Waals surface area contributed by atoms with Gasteiger partial charge in [0.05, 0.1) is 0 Å². The molecule has 0 aromatic heterocycles. The van der Waals surface area contributed by atoms with Gasteiger partial charge in [-0.3, -0.25) is 0 Å². The molecule has 7 rings (SSSR count). The van der Waals surface area contributed by atoms with Crippen LogP contribution in [0.1, 0.15) is 11.1 Å². The standard InChI is InChI=1S/C36H26/c1-23-27-11-3-7-15-31(27)35(32-16-8-4-12-28(23)32)25-19-21-26(22-20-25)36-33-17-9-5-13-29(33)24(2)30-14-6-10-18-34(30)36/h3-22H,1-2H3. The van der Waals surface area contributed by atoms with Gasteiger partial charge in [0.25, 0.3) is 0 Å². The van der Waals surface area contributed by atoms with Crippen molar-refractivity contribution in [3.8, 4) is 22.3 Å². The first-order chi connectivity index (χ1) is 17.7. The molecule has 36 heavy (non-hydrogen) atoms. The van der Waals surface area contributed by atoms with Crippen LogP contribution in [0.5, 0.6) is 0 Å². The summed E-state index contributed by atoms with van der Waals surface area (Å²) < 4.78 is 0. The van der Waals surface area contributed by atoms with Crippen LogP contribution in [0.25, 0.3) is 65.3 Å². The molecule has 0 fully saturated rings. The van der Waals surface area contributed by atoms with Crippen LogP contribution in [0.15, 0.2) is 121 Å². The molecule has 0 heteroatoms. The number of fused-ring (bicyclic) bond motifs is 4. The van der Waals surface area contributed by atoms with E-state index in [0.29, 0.717) is 0 Å². The molecule has 0 N–H and O–H groups in total. The highest BCUT2D eigenvalue weighted by Crippen LogP contribution is 2.42. The Morgan fingerprint density at radius 2 is 0.500 bits per heavy atom. The largest absolute Gasteiger partial charge is 0.0616 e. The molecule has 7 aromatic carbocycles. The molecule has 0 unspecified atom stereocenters. The Morgan fingerprint density at radius 3 is 0.750 bits per heavy atom. The van der Waals surface area contributed by atoms with E-state index in [2.05, 4.69) is 135 Å². The maximum absolute atomic E-state index is 2.31. The predicted octanol–water partition coefficient (Wildman–Crippen LogP) is 10.3. The zero-order chi connectivity index (χ0) is 24.2. The van der Waals surface area contributed by atoms with Crippen molar-refractivity contribution in [2.45, 2.75) is 13.8 Å². The van der Waals surface area contributed by atoms with Crippen molar-refractivity contribution < 1.29 is 0 Å². The molecule has 0 spiro atoms. The quantitative estimate of drug-likeness (QED) is 0.226. The molecule has 0 amide bonds. The number of hydrogen-bond donors (Lipinski definition) is 0. The normalized spacial score (nSPS) is 11.6. The third kappa shape index (κ3) is 3.01. The molecule has 0 aliphatic rings. The Kier molecular flexibility index (Phi) is 4.69. The summed E-state index contributed by atoms with van der Waals surface area (Å²) in [4.78, 5) is 0. The van der Waals surface area contributed by atoms with Gasteiger partial charge in [-0.15, -0.1) is 0 Å². The summed E-state index contributed by atoms with van der Waals surface area (Å²) in [6, 6.07) is 44.5. The number of hydrogen-bond acceptors (Lipinski definition) is 0. The second-order valence-electron chi connectivity index (χ2n) is 9.76. The van der Waals surface area contributed by atoms with Crippen LogP contribution in [0.3, 0.4) is 0 Å². The summed E-state index contributed by atoms with van der Waals surface area (Å²) >= 11 is 0. The Hall–Kier alpha value is -4.42. The summed E-state index contributed by atoms with van der Waals surface area (Å²) in [5.41, 5.74) is 7.84. The molecule has 0 saturated heterocycles. The van der Waals surface area contributed by atoms with E-state index in [0.717, 1.165) is 0 Å². The molecule has 0 saturated carbocycles. The van der Waals surface area contributed by atoms with Crippen LogP contribution in [-0.2, 0) is 0 Å². The maximum atomic E-state index is 2.31. The third-order valence-electron chi connectivity index (χ3n) is 7.86. The molecule has 0 heterocycles. The van der Waals surface area contributed by atoms with Crippen LogP contribution >= 0.6 is 0 Å². The van der Waals surface area contributed by atoms with E-state index in [1.165, 1.54) is 76.5 Å². The van der Waals surface area contributed by atoms with Gasteiger partial charge in [0.2, 0.25) is 0 Å². The van der Waals surface area contributed by atoms with Crippen molar-refractivity contribution in [3.05, 3.63) is 132 Å². The first-order valence-corrected chi connectivity index (χ1v) is 12.6. The van der Waals surface area contributed by atoms with Crippen LogP contribution in [0, 0.1) is 13.8 Å². The third-order valence-corrected chi connectivity index (χ3v) is 7.86. The van der Waals surface area contributed by atoms with Crippen molar-refractivity contribution in [2.75, 3.05) is 0 Å². The first-order valence-electron chi connectivity index (χ1n) is 12.6. The molecule has 0 aliphatic carbocycles. The van der Waals surface area contributed by atoms with Gasteiger partial charge in [0, 0.05) is 0 Å². The SMILES string of the molecule is Cc1c2ccccc2c(-c2ccc(-c3c4ccccc4c(C)c4ccccc34)cc2)c2ccccc12. The zero-order valence-corrected chi connectivity index (χ0v) is 20.5. The lowest BCUT2D eigenvalue weighted by atomic mass is 9.86. The van der Waals surface area contributed by atoms with Gasteiger partial charge in [-0.2, -0.15) is 0 Å². The molecule has 7 aromatic rings. The van der Waals surface area contributed by atoms with Gasteiger partial charge < -0.3 is 0 Å². The van der Waals surface area contributed by atoms with Crippen molar-refractivity contribution in [1.82, 2.24) is 0 Å². The van der Waals surface area contributed by atoms with E-state index in [1.807, 2.05) is 0 Å². The van der Waals surface area contributed by atoms with E-state index in [-0.39, 0.29) is 0 Å². The van der Waals surface area contributed by atoms with Gasteiger partial charge in [-0.25, -0.2) is 0 Å². The predicted molar refractivity (Wildman–Crippen MR) is 157 cm³/mol. The number of rotatable bonds is 2. The Labute approximate surface area is 211 Å². The fourth-order valence-electron chi connectivity index (χ4n) is 6.12. The second-order valence-corrected chi connectivity index (χ2v) is 9.76. The second kappa shape index (κ2) is 8.07. The van der Waals surface area contributed by atoms with E-state index in [1.54, 1.807) is 0 Å². The average Bonchev–Trinajstić information content (AvgIpc) is 2.94. The Bertz CT molecular complexity index is 1680. The fraction of sp³-hybridized carbons (Fsp3) is 0.0556. The van der Waals surface area contributed by atoms with Crippen LogP contribution in [0.2, 0.25) is 0 Å². The van der Waals surface area contributed by atoms with Crippen molar-refractivity contribution >= 4 is 43.1 Å². The molecule has 170 valence electrons. The van der Waals surface area contributed by atoms with Gasteiger partial charge in [-0.05, 0) is 90.3 Å². The zero-order valence-electron chi connectivity index (χ0n) is 20.5. The highest BCUT2D eigenvalue weighted by atomic mass is 14.2. The van der Waals surface area contributed by atoms with Gasteiger partial charge >= 0.3 is 0 Å². The van der Waals surface area contributed by atoms with Crippen LogP contribution in [-0.4, -0.2) is 0 Å². The molecular formula is C36H26. The monoisotopic (exact) mass is 458 g/mol. The maximum Gasteiger partial charge on any atom is -0.00266 e. The minimum absolute atomic E-state index is 1.26. The number of aryl methyl sites for hydroxylation is 2. The van der Waals surface area contributed by atoms with Crippen LogP contribution < -0.4 is 0 Å². The van der Waals surface area contributed by atoms with E-state index < -0.39 is 0 Å². The fourth-order valence-corrected chi connectivity index (χ4v) is 6.12. The number of benzene rings is 7. The smallest absolute Gasteiger partial charge is 0.00266 e. The van der Waals surface area contributed by atoms with Crippen LogP contribution in [0.4, 0.5) is 0 Å². The Morgan fingerprint density at radius 1 is 0.278 bits per heavy atom. The first kappa shape index (κ1) is 20.9. The molecule has 0 aliphatic heterocycles.